The predicted octanol–water partition coefficient (Wildman–Crippen LogP) is 2.20. The normalized spacial score (nSPS) is 10.4. The molecule has 0 unspecified atom stereocenters. The van der Waals surface area contributed by atoms with Crippen molar-refractivity contribution in [3.05, 3.63) is 41.5 Å². The van der Waals surface area contributed by atoms with Gasteiger partial charge in [-0.2, -0.15) is 0 Å². The van der Waals surface area contributed by atoms with Gasteiger partial charge in [0.2, 0.25) is 0 Å². The zero-order chi connectivity index (χ0) is 13.3. The number of carbonyl (C=O) groups is 1. The van der Waals surface area contributed by atoms with Crippen LogP contribution in [-0.4, -0.2) is 27.7 Å². The highest BCUT2D eigenvalue weighted by molar-refractivity contribution is 5.88. The van der Waals surface area contributed by atoms with E-state index in [1.807, 2.05) is 0 Å². The van der Waals surface area contributed by atoms with E-state index in [9.17, 15) is 9.90 Å². The summed E-state index contributed by atoms with van der Waals surface area (Å²) < 4.78 is 6.70. The van der Waals surface area contributed by atoms with Crippen molar-refractivity contribution in [1.29, 1.82) is 0 Å². The Hall–Kier alpha value is -2.30. The van der Waals surface area contributed by atoms with Crippen molar-refractivity contribution in [3.63, 3.8) is 0 Å². The second-order valence-electron chi connectivity index (χ2n) is 3.93. The number of aryl methyl sites for hydroxylation is 2. The molecule has 0 bridgehead atoms. The van der Waals surface area contributed by atoms with Crippen molar-refractivity contribution >= 4 is 5.97 Å². The maximum atomic E-state index is 11.3. The maximum absolute atomic E-state index is 11.3. The van der Waals surface area contributed by atoms with Gasteiger partial charge < -0.3 is 9.84 Å². The molecule has 94 valence electrons. The largest absolute Gasteiger partial charge is 0.497 e. The number of nitrogens with zero attached hydrogens (tertiary/aromatic N) is 2. The summed E-state index contributed by atoms with van der Waals surface area (Å²) >= 11 is 0. The van der Waals surface area contributed by atoms with Gasteiger partial charge in [0.05, 0.1) is 12.8 Å². The number of benzene rings is 1. The van der Waals surface area contributed by atoms with E-state index in [0.717, 1.165) is 11.4 Å². The van der Waals surface area contributed by atoms with E-state index in [-0.39, 0.29) is 5.69 Å². The molecule has 0 saturated heterocycles. The molecule has 5 nitrogen and oxygen atoms in total. The van der Waals surface area contributed by atoms with Crippen LogP contribution in [0.25, 0.3) is 5.69 Å². The van der Waals surface area contributed by atoms with Crippen LogP contribution >= 0.6 is 0 Å². The first kappa shape index (κ1) is 12.2. The standard InChI is InChI=1S/C13H14N2O3/c1-8-12(13(16)17)15(9(2)14-8)10-4-6-11(18-3)7-5-10/h4-7H,1-3H3,(H,16,17). The number of carboxylic acid groups (broad SMARTS) is 1. The number of aromatic carboxylic acids is 1. The number of imidazole rings is 1. The molecule has 1 heterocycles. The highest BCUT2D eigenvalue weighted by atomic mass is 16.5. The molecule has 0 atom stereocenters. The summed E-state index contributed by atoms with van der Waals surface area (Å²) in [6, 6.07) is 7.18. The van der Waals surface area contributed by atoms with E-state index in [0.29, 0.717) is 11.5 Å². The van der Waals surface area contributed by atoms with Crippen LogP contribution in [0.3, 0.4) is 0 Å². The minimum absolute atomic E-state index is 0.192. The summed E-state index contributed by atoms with van der Waals surface area (Å²) in [4.78, 5) is 15.5. The number of aromatic nitrogens is 2. The second-order valence-corrected chi connectivity index (χ2v) is 3.93. The average Bonchev–Trinajstić information content (AvgIpc) is 2.64. The molecule has 0 aliphatic heterocycles. The Morgan fingerprint density at radius 1 is 1.28 bits per heavy atom. The average molecular weight is 246 g/mol. The molecular formula is C13H14N2O3. The van der Waals surface area contributed by atoms with Crippen molar-refractivity contribution in [1.82, 2.24) is 9.55 Å². The Labute approximate surface area is 105 Å². The van der Waals surface area contributed by atoms with Gasteiger partial charge in [0.1, 0.15) is 11.6 Å². The number of ether oxygens (including phenoxy) is 1. The molecule has 0 spiro atoms. The fourth-order valence-electron chi connectivity index (χ4n) is 1.97. The fraction of sp³-hybridized carbons (Fsp3) is 0.231. The molecule has 1 aromatic carbocycles. The molecule has 0 aliphatic rings. The second kappa shape index (κ2) is 4.52. The van der Waals surface area contributed by atoms with Gasteiger partial charge in [-0.25, -0.2) is 9.78 Å². The third-order valence-electron chi connectivity index (χ3n) is 2.75. The van der Waals surface area contributed by atoms with Crippen LogP contribution in [0.4, 0.5) is 0 Å². The minimum atomic E-state index is -0.982. The highest BCUT2D eigenvalue weighted by Gasteiger charge is 2.18. The summed E-state index contributed by atoms with van der Waals surface area (Å²) in [5.41, 5.74) is 1.46. The van der Waals surface area contributed by atoms with Crippen molar-refractivity contribution in [3.8, 4) is 11.4 Å². The van der Waals surface area contributed by atoms with Crippen LogP contribution in [0.15, 0.2) is 24.3 Å². The molecular weight excluding hydrogens is 232 g/mol. The Kier molecular flexibility index (Phi) is 3.06. The SMILES string of the molecule is COc1ccc(-n2c(C)nc(C)c2C(=O)O)cc1. The molecule has 0 radical (unpaired) electrons. The van der Waals surface area contributed by atoms with Crippen LogP contribution in [0.5, 0.6) is 5.75 Å². The summed E-state index contributed by atoms with van der Waals surface area (Å²) in [7, 11) is 1.59. The third-order valence-corrected chi connectivity index (χ3v) is 2.75. The lowest BCUT2D eigenvalue weighted by molar-refractivity contribution is 0.0687. The summed E-state index contributed by atoms with van der Waals surface area (Å²) in [5.74, 6) is 0.393. The lowest BCUT2D eigenvalue weighted by Crippen LogP contribution is -2.09. The molecule has 0 amide bonds. The minimum Gasteiger partial charge on any atom is -0.497 e. The first-order valence-electron chi connectivity index (χ1n) is 5.48. The van der Waals surface area contributed by atoms with E-state index >= 15 is 0 Å². The Bertz CT molecular complexity index is 585. The van der Waals surface area contributed by atoms with Gasteiger partial charge in [-0.3, -0.25) is 4.57 Å². The number of carboxylic acids is 1. The zero-order valence-corrected chi connectivity index (χ0v) is 10.5. The third kappa shape index (κ3) is 1.95. The number of hydrogen-bond acceptors (Lipinski definition) is 3. The lowest BCUT2D eigenvalue weighted by atomic mass is 10.2. The van der Waals surface area contributed by atoms with Crippen molar-refractivity contribution < 1.29 is 14.6 Å². The van der Waals surface area contributed by atoms with Crippen LogP contribution in [0.1, 0.15) is 22.0 Å². The molecule has 0 aliphatic carbocycles. The summed E-state index contributed by atoms with van der Waals surface area (Å²) in [6.45, 7) is 3.47. The first-order valence-corrected chi connectivity index (χ1v) is 5.48. The smallest absolute Gasteiger partial charge is 0.354 e. The molecule has 2 rings (SSSR count). The van der Waals surface area contributed by atoms with Crippen LogP contribution in [-0.2, 0) is 0 Å². The van der Waals surface area contributed by atoms with E-state index in [2.05, 4.69) is 4.98 Å². The number of methoxy groups -OCH3 is 1. The maximum Gasteiger partial charge on any atom is 0.354 e. The van der Waals surface area contributed by atoms with Crippen molar-refractivity contribution in [2.45, 2.75) is 13.8 Å². The van der Waals surface area contributed by atoms with E-state index in [4.69, 9.17) is 4.74 Å². The Balaban J connectivity index is 2.59. The molecule has 5 heteroatoms. The summed E-state index contributed by atoms with van der Waals surface area (Å²) in [5, 5.41) is 9.24. The van der Waals surface area contributed by atoms with Crippen LogP contribution in [0.2, 0.25) is 0 Å². The van der Waals surface area contributed by atoms with Crippen molar-refractivity contribution in [2.24, 2.45) is 0 Å². The lowest BCUT2D eigenvalue weighted by Gasteiger charge is -2.09. The van der Waals surface area contributed by atoms with Gasteiger partial charge >= 0.3 is 5.97 Å². The van der Waals surface area contributed by atoms with Gasteiger partial charge in [0.15, 0.2) is 5.69 Å². The number of rotatable bonds is 3. The Morgan fingerprint density at radius 2 is 1.89 bits per heavy atom. The van der Waals surface area contributed by atoms with Gasteiger partial charge in [-0.1, -0.05) is 0 Å². The molecule has 0 fully saturated rings. The topological polar surface area (TPSA) is 64.4 Å². The molecule has 2 aromatic rings. The highest BCUT2D eigenvalue weighted by Crippen LogP contribution is 2.20. The van der Waals surface area contributed by atoms with E-state index in [1.54, 1.807) is 49.8 Å². The molecule has 18 heavy (non-hydrogen) atoms. The quantitative estimate of drug-likeness (QED) is 0.901. The van der Waals surface area contributed by atoms with E-state index in [1.165, 1.54) is 0 Å². The fourth-order valence-corrected chi connectivity index (χ4v) is 1.97. The summed E-state index contributed by atoms with van der Waals surface area (Å²) in [6.07, 6.45) is 0. The number of hydrogen-bond donors (Lipinski definition) is 1. The molecule has 1 N–H and O–H groups in total. The van der Waals surface area contributed by atoms with Gasteiger partial charge in [-0.15, -0.1) is 0 Å². The van der Waals surface area contributed by atoms with Gasteiger partial charge in [0, 0.05) is 5.69 Å². The molecule has 1 aromatic heterocycles. The van der Waals surface area contributed by atoms with Gasteiger partial charge in [0.25, 0.3) is 0 Å². The monoisotopic (exact) mass is 246 g/mol. The van der Waals surface area contributed by atoms with Gasteiger partial charge in [-0.05, 0) is 38.1 Å². The van der Waals surface area contributed by atoms with Crippen LogP contribution in [0, 0.1) is 13.8 Å². The molecule has 0 saturated carbocycles. The van der Waals surface area contributed by atoms with Crippen molar-refractivity contribution in [2.75, 3.05) is 7.11 Å². The zero-order valence-electron chi connectivity index (χ0n) is 10.5. The Morgan fingerprint density at radius 3 is 2.39 bits per heavy atom. The first-order chi connectivity index (χ1) is 8.54. The predicted molar refractivity (Wildman–Crippen MR) is 66.5 cm³/mol. The van der Waals surface area contributed by atoms with E-state index < -0.39 is 5.97 Å². The van der Waals surface area contributed by atoms with Crippen LogP contribution < -0.4 is 4.74 Å².